The Morgan fingerprint density at radius 2 is 2.36 bits per heavy atom. The monoisotopic (exact) mass is 219 g/mol. The smallest absolute Gasteiger partial charge is 0.220 e. The molecule has 82 valence electrons. The number of hydrogen-bond acceptors (Lipinski definition) is 4. The maximum atomic E-state index is 11.1. The van der Waals surface area contributed by atoms with Gasteiger partial charge in [-0.15, -0.1) is 0 Å². The molecule has 14 heavy (non-hydrogen) atoms. The molecule has 0 aliphatic carbocycles. The van der Waals surface area contributed by atoms with Crippen LogP contribution in [-0.2, 0) is 4.79 Å². The van der Waals surface area contributed by atoms with Gasteiger partial charge in [0.05, 0.1) is 0 Å². The first-order valence-electron chi connectivity index (χ1n) is 4.34. The maximum Gasteiger partial charge on any atom is 0.220 e. The van der Waals surface area contributed by atoms with Crippen LogP contribution in [-0.4, -0.2) is 35.5 Å². The molecule has 0 bridgehead atoms. The van der Waals surface area contributed by atoms with Crippen LogP contribution in [0.2, 0.25) is 0 Å². The van der Waals surface area contributed by atoms with Crippen molar-refractivity contribution in [3.63, 3.8) is 0 Å². The van der Waals surface area contributed by atoms with Gasteiger partial charge in [0.25, 0.3) is 0 Å². The minimum Gasteiger partial charge on any atom is -0.409 e. The zero-order chi connectivity index (χ0) is 11.0. The predicted molar refractivity (Wildman–Crippen MR) is 58.6 cm³/mol. The Morgan fingerprint density at radius 1 is 1.71 bits per heavy atom. The molecule has 0 aliphatic rings. The zero-order valence-corrected chi connectivity index (χ0v) is 9.30. The van der Waals surface area contributed by atoms with Crippen molar-refractivity contribution in [2.75, 3.05) is 18.6 Å². The highest BCUT2D eigenvalue weighted by Crippen LogP contribution is 1.96. The lowest BCUT2D eigenvalue weighted by Gasteiger charge is -2.10. The third kappa shape index (κ3) is 5.69. The van der Waals surface area contributed by atoms with Gasteiger partial charge >= 0.3 is 0 Å². The van der Waals surface area contributed by atoms with Gasteiger partial charge in [0.15, 0.2) is 0 Å². The maximum absolute atomic E-state index is 11.1. The van der Waals surface area contributed by atoms with Crippen LogP contribution in [0.25, 0.3) is 0 Å². The summed E-state index contributed by atoms with van der Waals surface area (Å²) in [4.78, 5) is 11.1. The number of oxime groups is 1. The highest BCUT2D eigenvalue weighted by Gasteiger charge is 2.08. The Labute approximate surface area is 88.1 Å². The average Bonchev–Trinajstić information content (AvgIpc) is 2.21. The molecular formula is C8H17N3O2S. The second-order valence-electron chi connectivity index (χ2n) is 2.97. The molecule has 4 N–H and O–H groups in total. The van der Waals surface area contributed by atoms with Crippen LogP contribution in [0.15, 0.2) is 5.16 Å². The number of rotatable bonds is 6. The molecule has 1 atom stereocenters. The van der Waals surface area contributed by atoms with E-state index >= 15 is 0 Å². The quantitative estimate of drug-likeness (QED) is 0.258. The number of nitrogens with two attached hydrogens (primary N) is 1. The summed E-state index contributed by atoms with van der Waals surface area (Å²) in [5.41, 5.74) is 5.35. The molecule has 1 unspecified atom stereocenters. The highest BCUT2D eigenvalue weighted by molar-refractivity contribution is 7.98. The topological polar surface area (TPSA) is 87.7 Å². The zero-order valence-electron chi connectivity index (χ0n) is 8.49. The Kier molecular flexibility index (Phi) is 7.00. The fraction of sp³-hybridized carbons (Fsp3) is 0.750. The van der Waals surface area contributed by atoms with Gasteiger partial charge in [0, 0.05) is 24.6 Å². The van der Waals surface area contributed by atoms with E-state index in [1.807, 2.05) is 6.26 Å². The summed E-state index contributed by atoms with van der Waals surface area (Å²) in [6.45, 7) is 2.19. The SMILES string of the molecule is CSCCC(=O)NCC(C)C(N)=NO. The molecule has 6 heteroatoms. The molecule has 0 saturated carbocycles. The summed E-state index contributed by atoms with van der Waals surface area (Å²) in [5.74, 6) is 0.800. The van der Waals surface area contributed by atoms with Crippen molar-refractivity contribution < 1.29 is 10.0 Å². The van der Waals surface area contributed by atoms with E-state index in [1.54, 1.807) is 18.7 Å². The first kappa shape index (κ1) is 13.1. The Balaban J connectivity index is 3.66. The van der Waals surface area contributed by atoms with E-state index in [0.717, 1.165) is 5.75 Å². The van der Waals surface area contributed by atoms with E-state index in [9.17, 15) is 4.79 Å². The standard InChI is InChI=1S/C8H17N3O2S/c1-6(8(9)11-13)5-10-7(12)3-4-14-2/h6,13H,3-5H2,1-2H3,(H2,9,11)(H,10,12). The van der Waals surface area contributed by atoms with Crippen molar-refractivity contribution in [3.8, 4) is 0 Å². The largest absolute Gasteiger partial charge is 0.409 e. The van der Waals surface area contributed by atoms with Gasteiger partial charge in [-0.2, -0.15) is 11.8 Å². The van der Waals surface area contributed by atoms with Crippen LogP contribution in [0, 0.1) is 5.92 Å². The second kappa shape index (κ2) is 7.49. The van der Waals surface area contributed by atoms with E-state index in [-0.39, 0.29) is 17.7 Å². The molecule has 0 aromatic rings. The van der Waals surface area contributed by atoms with Crippen molar-refractivity contribution in [1.29, 1.82) is 0 Å². The first-order chi connectivity index (χ1) is 6.61. The second-order valence-corrected chi connectivity index (χ2v) is 3.96. The molecule has 1 amide bonds. The van der Waals surface area contributed by atoms with Gasteiger partial charge in [-0.05, 0) is 6.26 Å². The van der Waals surface area contributed by atoms with Crippen molar-refractivity contribution in [3.05, 3.63) is 0 Å². The van der Waals surface area contributed by atoms with Crippen LogP contribution in [0.3, 0.4) is 0 Å². The number of carbonyl (C=O) groups is 1. The third-order valence-corrected chi connectivity index (χ3v) is 2.37. The molecule has 0 aliphatic heterocycles. The summed E-state index contributed by atoms with van der Waals surface area (Å²) < 4.78 is 0. The van der Waals surface area contributed by atoms with Crippen molar-refractivity contribution >= 4 is 23.5 Å². The molecule has 5 nitrogen and oxygen atoms in total. The highest BCUT2D eigenvalue weighted by atomic mass is 32.2. The molecule has 0 heterocycles. The Morgan fingerprint density at radius 3 is 2.86 bits per heavy atom. The van der Waals surface area contributed by atoms with Crippen LogP contribution in [0.4, 0.5) is 0 Å². The van der Waals surface area contributed by atoms with E-state index < -0.39 is 0 Å². The van der Waals surface area contributed by atoms with E-state index in [4.69, 9.17) is 10.9 Å². The number of nitrogens with zero attached hydrogens (tertiary/aromatic N) is 1. The molecule has 0 aromatic heterocycles. The van der Waals surface area contributed by atoms with E-state index in [2.05, 4.69) is 10.5 Å². The van der Waals surface area contributed by atoms with E-state index in [1.165, 1.54) is 0 Å². The number of amidine groups is 1. The summed E-state index contributed by atoms with van der Waals surface area (Å²) in [7, 11) is 0. The van der Waals surface area contributed by atoms with Gasteiger partial charge in [0.1, 0.15) is 5.84 Å². The van der Waals surface area contributed by atoms with Crippen LogP contribution >= 0.6 is 11.8 Å². The summed E-state index contributed by atoms with van der Waals surface area (Å²) >= 11 is 1.63. The van der Waals surface area contributed by atoms with Gasteiger partial charge in [-0.1, -0.05) is 12.1 Å². The summed E-state index contributed by atoms with van der Waals surface area (Å²) in [6.07, 6.45) is 2.45. The van der Waals surface area contributed by atoms with Gasteiger partial charge in [-0.3, -0.25) is 4.79 Å². The molecule has 0 aromatic carbocycles. The lowest BCUT2D eigenvalue weighted by Crippen LogP contribution is -2.34. The van der Waals surface area contributed by atoms with Crippen molar-refractivity contribution in [1.82, 2.24) is 5.32 Å². The van der Waals surface area contributed by atoms with Crippen molar-refractivity contribution in [2.45, 2.75) is 13.3 Å². The summed E-state index contributed by atoms with van der Waals surface area (Å²) in [5, 5.41) is 13.9. The summed E-state index contributed by atoms with van der Waals surface area (Å²) in [6, 6.07) is 0. The lowest BCUT2D eigenvalue weighted by molar-refractivity contribution is -0.120. The van der Waals surface area contributed by atoms with Gasteiger partial charge in [-0.25, -0.2) is 0 Å². The van der Waals surface area contributed by atoms with Crippen LogP contribution in [0.5, 0.6) is 0 Å². The molecule has 0 fully saturated rings. The van der Waals surface area contributed by atoms with Gasteiger partial charge in [0.2, 0.25) is 5.91 Å². The predicted octanol–water partition coefficient (Wildman–Crippen LogP) is 0.238. The fourth-order valence-corrected chi connectivity index (χ4v) is 1.14. The fourth-order valence-electron chi connectivity index (χ4n) is 0.753. The number of hydrogen-bond donors (Lipinski definition) is 3. The minimum atomic E-state index is -0.141. The van der Waals surface area contributed by atoms with Crippen LogP contribution in [0.1, 0.15) is 13.3 Å². The Bertz CT molecular complexity index is 209. The average molecular weight is 219 g/mol. The number of carbonyl (C=O) groups excluding carboxylic acids is 1. The Hall–Kier alpha value is -0.910. The normalized spacial score (nSPS) is 13.7. The first-order valence-corrected chi connectivity index (χ1v) is 5.74. The number of nitrogens with one attached hydrogen (secondary N) is 1. The number of thioether (sulfide) groups is 1. The molecule has 0 spiro atoms. The molecular weight excluding hydrogens is 202 g/mol. The molecule has 0 rings (SSSR count). The minimum absolute atomic E-state index is 0.00283. The lowest BCUT2D eigenvalue weighted by atomic mass is 10.1. The van der Waals surface area contributed by atoms with Crippen molar-refractivity contribution in [2.24, 2.45) is 16.8 Å². The molecule has 0 radical (unpaired) electrons. The van der Waals surface area contributed by atoms with E-state index in [0.29, 0.717) is 13.0 Å². The van der Waals surface area contributed by atoms with Crippen LogP contribution < -0.4 is 11.1 Å². The third-order valence-electron chi connectivity index (χ3n) is 1.76. The molecule has 0 saturated heterocycles. The number of amides is 1. The van der Waals surface area contributed by atoms with Gasteiger partial charge < -0.3 is 16.3 Å².